The third-order valence-electron chi connectivity index (χ3n) is 3.28. The Morgan fingerprint density at radius 3 is 2.72 bits per heavy atom. The summed E-state index contributed by atoms with van der Waals surface area (Å²) in [6.45, 7) is 0. The molecule has 0 bridgehead atoms. The first-order valence-corrected chi connectivity index (χ1v) is 7.23. The van der Waals surface area contributed by atoms with E-state index in [0.29, 0.717) is 4.83 Å². The van der Waals surface area contributed by atoms with E-state index in [1.54, 1.807) is 12.1 Å². The molecule has 0 spiro atoms. The predicted molar refractivity (Wildman–Crippen MR) is 73.2 cm³/mol. The van der Waals surface area contributed by atoms with Crippen molar-refractivity contribution in [1.29, 1.82) is 0 Å². The maximum absolute atomic E-state index is 13.0. The minimum Gasteiger partial charge on any atom is -0.353 e. The number of benzene rings is 1. The van der Waals surface area contributed by atoms with Gasteiger partial charge in [0.1, 0.15) is 5.82 Å². The number of carbonyl (C=O) groups is 1. The highest BCUT2D eigenvalue weighted by molar-refractivity contribution is 9.09. The van der Waals surface area contributed by atoms with Gasteiger partial charge in [0.2, 0.25) is 5.91 Å². The average molecular weight is 314 g/mol. The summed E-state index contributed by atoms with van der Waals surface area (Å²) in [7, 11) is 0. The molecule has 1 N–H and O–H groups in total. The van der Waals surface area contributed by atoms with Gasteiger partial charge in [-0.15, -0.1) is 0 Å². The highest BCUT2D eigenvalue weighted by Gasteiger charge is 2.20. The molecule has 98 valence electrons. The van der Waals surface area contributed by atoms with Crippen molar-refractivity contribution >= 4 is 21.8 Å². The molecule has 4 heteroatoms. The maximum Gasteiger partial charge on any atom is 0.224 e. The van der Waals surface area contributed by atoms with Gasteiger partial charge < -0.3 is 5.32 Å². The maximum atomic E-state index is 13.0. The Labute approximate surface area is 115 Å². The van der Waals surface area contributed by atoms with Crippen molar-refractivity contribution in [2.45, 2.75) is 43.0 Å². The van der Waals surface area contributed by atoms with E-state index in [1.165, 1.54) is 12.1 Å². The van der Waals surface area contributed by atoms with Crippen LogP contribution in [0, 0.1) is 5.82 Å². The van der Waals surface area contributed by atoms with Crippen molar-refractivity contribution in [2.24, 2.45) is 0 Å². The SMILES string of the molecule is O=C(Cc1cccc(F)c1)NC1CCC(Br)CC1. The molecule has 1 saturated carbocycles. The fourth-order valence-electron chi connectivity index (χ4n) is 2.31. The number of halogens is 2. The molecule has 1 fully saturated rings. The van der Waals surface area contributed by atoms with Gasteiger partial charge in [-0.05, 0) is 43.4 Å². The zero-order valence-electron chi connectivity index (χ0n) is 10.2. The Hall–Kier alpha value is -0.900. The first-order chi connectivity index (χ1) is 8.63. The Morgan fingerprint density at radius 2 is 2.06 bits per heavy atom. The Balaban J connectivity index is 1.82. The van der Waals surface area contributed by atoms with Gasteiger partial charge in [-0.3, -0.25) is 4.79 Å². The molecule has 18 heavy (non-hydrogen) atoms. The summed E-state index contributed by atoms with van der Waals surface area (Å²) >= 11 is 3.59. The predicted octanol–water partition coefficient (Wildman–Crippen LogP) is 3.19. The second-order valence-electron chi connectivity index (χ2n) is 4.82. The van der Waals surface area contributed by atoms with Gasteiger partial charge in [0.05, 0.1) is 6.42 Å². The molecule has 2 nitrogen and oxygen atoms in total. The summed E-state index contributed by atoms with van der Waals surface area (Å²) in [6, 6.07) is 6.49. The Kier molecular flexibility index (Phi) is 4.75. The molecule has 1 aliphatic rings. The second-order valence-corrected chi connectivity index (χ2v) is 6.12. The lowest BCUT2D eigenvalue weighted by Gasteiger charge is -2.26. The molecule has 2 rings (SSSR count). The number of rotatable bonds is 3. The van der Waals surface area contributed by atoms with E-state index in [9.17, 15) is 9.18 Å². The molecule has 0 aliphatic heterocycles. The third kappa shape index (κ3) is 4.09. The summed E-state index contributed by atoms with van der Waals surface area (Å²) in [5.74, 6) is -0.307. The van der Waals surface area contributed by atoms with Crippen molar-refractivity contribution in [3.05, 3.63) is 35.6 Å². The van der Waals surface area contributed by atoms with Crippen LogP contribution >= 0.6 is 15.9 Å². The number of hydrogen-bond donors (Lipinski definition) is 1. The number of hydrogen-bond acceptors (Lipinski definition) is 1. The normalized spacial score (nSPS) is 23.7. The van der Waals surface area contributed by atoms with Gasteiger partial charge in [0.25, 0.3) is 0 Å². The van der Waals surface area contributed by atoms with Crippen LogP contribution < -0.4 is 5.32 Å². The highest BCUT2D eigenvalue weighted by Crippen LogP contribution is 2.24. The zero-order valence-corrected chi connectivity index (χ0v) is 11.7. The van der Waals surface area contributed by atoms with Gasteiger partial charge in [-0.2, -0.15) is 0 Å². The lowest BCUT2D eigenvalue weighted by atomic mass is 9.95. The lowest BCUT2D eigenvalue weighted by molar-refractivity contribution is -0.121. The number of alkyl halides is 1. The molecule has 0 radical (unpaired) electrons. The third-order valence-corrected chi connectivity index (χ3v) is 4.19. The molecular weight excluding hydrogens is 297 g/mol. The summed E-state index contributed by atoms with van der Waals surface area (Å²) in [5, 5.41) is 3.03. The summed E-state index contributed by atoms with van der Waals surface area (Å²) in [5.41, 5.74) is 0.724. The first kappa shape index (κ1) is 13.5. The van der Waals surface area contributed by atoms with E-state index >= 15 is 0 Å². The summed E-state index contributed by atoms with van der Waals surface area (Å²) in [4.78, 5) is 12.4. The molecule has 0 atom stereocenters. The molecule has 0 saturated heterocycles. The van der Waals surface area contributed by atoms with Crippen LogP contribution in [0.5, 0.6) is 0 Å². The molecule has 0 aromatic heterocycles. The van der Waals surface area contributed by atoms with Crippen molar-refractivity contribution in [3.63, 3.8) is 0 Å². The molecule has 0 unspecified atom stereocenters. The standard InChI is InChI=1S/C14H17BrFNO/c15-11-4-6-13(7-5-11)17-14(18)9-10-2-1-3-12(16)8-10/h1-3,8,11,13H,4-7,9H2,(H,17,18). The summed E-state index contributed by atoms with van der Waals surface area (Å²) in [6.07, 6.45) is 4.50. The number of carbonyl (C=O) groups excluding carboxylic acids is 1. The average Bonchev–Trinajstić information content (AvgIpc) is 2.32. The van der Waals surface area contributed by atoms with E-state index in [1.807, 2.05) is 0 Å². The fraction of sp³-hybridized carbons (Fsp3) is 0.500. The first-order valence-electron chi connectivity index (χ1n) is 6.31. The van der Waals surface area contributed by atoms with E-state index in [0.717, 1.165) is 31.2 Å². The van der Waals surface area contributed by atoms with Gasteiger partial charge in [-0.25, -0.2) is 4.39 Å². The topological polar surface area (TPSA) is 29.1 Å². The van der Waals surface area contributed by atoms with Crippen LogP contribution in [0.1, 0.15) is 31.2 Å². The highest BCUT2D eigenvalue weighted by atomic mass is 79.9. The van der Waals surface area contributed by atoms with E-state index in [2.05, 4.69) is 21.2 Å². The Morgan fingerprint density at radius 1 is 1.33 bits per heavy atom. The van der Waals surface area contributed by atoms with Crippen LogP contribution in [0.4, 0.5) is 4.39 Å². The van der Waals surface area contributed by atoms with Crippen molar-refractivity contribution in [2.75, 3.05) is 0 Å². The summed E-state index contributed by atoms with van der Waals surface area (Å²) < 4.78 is 13.0. The fourth-order valence-corrected chi connectivity index (χ4v) is 2.84. The van der Waals surface area contributed by atoms with E-state index in [-0.39, 0.29) is 24.2 Å². The quantitative estimate of drug-likeness (QED) is 0.853. The molecule has 1 aromatic carbocycles. The van der Waals surface area contributed by atoms with Crippen molar-refractivity contribution in [1.82, 2.24) is 5.32 Å². The molecule has 1 amide bonds. The van der Waals surface area contributed by atoms with Crippen LogP contribution in [0.25, 0.3) is 0 Å². The Bertz CT molecular complexity index is 416. The number of nitrogens with one attached hydrogen (secondary N) is 1. The molecule has 1 aromatic rings. The van der Waals surface area contributed by atoms with Gasteiger partial charge >= 0.3 is 0 Å². The second kappa shape index (κ2) is 6.32. The molecule has 1 aliphatic carbocycles. The lowest BCUT2D eigenvalue weighted by Crippen LogP contribution is -2.38. The monoisotopic (exact) mass is 313 g/mol. The largest absolute Gasteiger partial charge is 0.353 e. The zero-order chi connectivity index (χ0) is 13.0. The minimum atomic E-state index is -0.292. The van der Waals surface area contributed by atoms with Gasteiger partial charge in [-0.1, -0.05) is 28.1 Å². The van der Waals surface area contributed by atoms with Gasteiger partial charge in [0, 0.05) is 10.9 Å². The number of amides is 1. The minimum absolute atomic E-state index is 0.0152. The van der Waals surface area contributed by atoms with E-state index in [4.69, 9.17) is 0 Å². The van der Waals surface area contributed by atoms with Gasteiger partial charge in [0.15, 0.2) is 0 Å². The van der Waals surface area contributed by atoms with Crippen LogP contribution in [0.3, 0.4) is 0 Å². The smallest absolute Gasteiger partial charge is 0.224 e. The van der Waals surface area contributed by atoms with Crippen molar-refractivity contribution in [3.8, 4) is 0 Å². The van der Waals surface area contributed by atoms with E-state index < -0.39 is 0 Å². The van der Waals surface area contributed by atoms with Crippen LogP contribution in [0.15, 0.2) is 24.3 Å². The molecule has 0 heterocycles. The van der Waals surface area contributed by atoms with Crippen LogP contribution in [0.2, 0.25) is 0 Å². The van der Waals surface area contributed by atoms with Crippen LogP contribution in [-0.2, 0) is 11.2 Å². The van der Waals surface area contributed by atoms with Crippen LogP contribution in [-0.4, -0.2) is 16.8 Å². The van der Waals surface area contributed by atoms with Crippen molar-refractivity contribution < 1.29 is 9.18 Å². The molecular formula is C14H17BrFNO.